The van der Waals surface area contributed by atoms with Crippen LogP contribution in [0.4, 0.5) is 0 Å². The predicted octanol–water partition coefficient (Wildman–Crippen LogP) is 5.38. The molecular formula is C17H27IO2. The molecule has 0 saturated heterocycles. The summed E-state index contributed by atoms with van der Waals surface area (Å²) < 4.78 is 6.02. The molecule has 0 heterocycles. The number of ether oxygens (including phenoxy) is 1. The Bertz CT molecular complexity index is 374. The van der Waals surface area contributed by atoms with Gasteiger partial charge in [0, 0.05) is 11.4 Å². The van der Waals surface area contributed by atoms with E-state index in [1.165, 1.54) is 23.6 Å². The van der Waals surface area contributed by atoms with Crippen molar-refractivity contribution >= 4 is 28.6 Å². The second kappa shape index (κ2) is 12.2. The van der Waals surface area contributed by atoms with E-state index in [0.29, 0.717) is 6.61 Å². The summed E-state index contributed by atoms with van der Waals surface area (Å²) >= 11 is 2.31. The summed E-state index contributed by atoms with van der Waals surface area (Å²) in [6, 6.07) is 0. The minimum atomic E-state index is -0.210. The Morgan fingerprint density at radius 1 is 1.00 bits per heavy atom. The average Bonchev–Trinajstić information content (AvgIpc) is 2.35. The zero-order valence-corrected chi connectivity index (χ0v) is 15.3. The van der Waals surface area contributed by atoms with E-state index in [-0.39, 0.29) is 5.97 Å². The number of hydrogen-bond donors (Lipinski definition) is 0. The summed E-state index contributed by atoms with van der Waals surface area (Å²) in [6.45, 7) is 8.34. The molecule has 0 fully saturated rings. The fourth-order valence-electron chi connectivity index (χ4n) is 1.73. The van der Waals surface area contributed by atoms with Crippen LogP contribution >= 0.6 is 22.6 Å². The lowest BCUT2D eigenvalue weighted by Gasteiger charge is -2.06. The summed E-state index contributed by atoms with van der Waals surface area (Å²) in [6.07, 6.45) is 11.0. The van der Waals surface area contributed by atoms with Gasteiger partial charge in [-0.1, -0.05) is 52.0 Å². The topological polar surface area (TPSA) is 26.3 Å². The van der Waals surface area contributed by atoms with Crippen molar-refractivity contribution in [3.8, 4) is 0 Å². The molecule has 0 aromatic rings. The van der Waals surface area contributed by atoms with Crippen LogP contribution in [0.1, 0.15) is 53.4 Å². The summed E-state index contributed by atoms with van der Waals surface area (Å²) in [5, 5.41) is 0. The second-order valence-corrected chi connectivity index (χ2v) is 6.09. The quantitative estimate of drug-likeness (QED) is 0.229. The number of allylic oxidation sites excluding steroid dienone is 5. The molecule has 0 aliphatic heterocycles. The Morgan fingerprint density at radius 3 is 2.20 bits per heavy atom. The number of alkyl halides is 1. The van der Waals surface area contributed by atoms with Crippen molar-refractivity contribution in [3.05, 3.63) is 34.9 Å². The van der Waals surface area contributed by atoms with Crippen molar-refractivity contribution in [1.29, 1.82) is 0 Å². The van der Waals surface area contributed by atoms with Gasteiger partial charge in [0.15, 0.2) is 0 Å². The fraction of sp³-hybridized carbons (Fsp3) is 0.588. The summed E-state index contributed by atoms with van der Waals surface area (Å²) in [5.74, 6) is -0.210. The molecule has 0 amide bonds. The molecule has 0 aliphatic rings. The first-order valence-corrected chi connectivity index (χ1v) is 8.64. The van der Waals surface area contributed by atoms with E-state index in [2.05, 4.69) is 61.6 Å². The summed E-state index contributed by atoms with van der Waals surface area (Å²) in [4.78, 5) is 10.8. The van der Waals surface area contributed by atoms with Crippen molar-refractivity contribution in [1.82, 2.24) is 0 Å². The van der Waals surface area contributed by atoms with Gasteiger partial charge in [0.25, 0.3) is 0 Å². The lowest BCUT2D eigenvalue weighted by atomic mass is 10.1. The highest BCUT2D eigenvalue weighted by Gasteiger charge is 2.00. The number of esters is 1. The van der Waals surface area contributed by atoms with Crippen molar-refractivity contribution in [2.45, 2.75) is 53.4 Å². The number of carbonyl (C=O) groups excluding carboxylic acids is 1. The van der Waals surface area contributed by atoms with E-state index >= 15 is 0 Å². The van der Waals surface area contributed by atoms with Crippen LogP contribution in [-0.2, 0) is 9.53 Å². The third-order valence-electron chi connectivity index (χ3n) is 2.88. The zero-order valence-electron chi connectivity index (χ0n) is 13.2. The molecule has 0 aromatic carbocycles. The number of rotatable bonds is 9. The molecule has 0 N–H and O–H groups in total. The molecule has 0 bridgehead atoms. The van der Waals surface area contributed by atoms with E-state index in [9.17, 15) is 4.79 Å². The Labute approximate surface area is 137 Å². The van der Waals surface area contributed by atoms with Gasteiger partial charge in [-0.15, -0.1) is 0 Å². The molecule has 0 unspecified atom stereocenters. The van der Waals surface area contributed by atoms with E-state index < -0.39 is 0 Å². The molecule has 0 rings (SSSR count). The monoisotopic (exact) mass is 390 g/mol. The van der Waals surface area contributed by atoms with Gasteiger partial charge in [-0.2, -0.15) is 0 Å². The van der Waals surface area contributed by atoms with Crippen LogP contribution in [0.5, 0.6) is 0 Å². The van der Waals surface area contributed by atoms with Gasteiger partial charge in [0.2, 0.25) is 0 Å². The van der Waals surface area contributed by atoms with Gasteiger partial charge in [0.1, 0.15) is 6.61 Å². The van der Waals surface area contributed by atoms with Gasteiger partial charge in [-0.05, 0) is 52.0 Å². The first-order valence-electron chi connectivity index (χ1n) is 7.12. The molecular weight excluding hydrogens is 363 g/mol. The Hall–Kier alpha value is -0.580. The number of carbonyl (C=O) groups is 1. The third-order valence-corrected chi connectivity index (χ3v) is 3.32. The first kappa shape index (κ1) is 19.4. The Balaban J connectivity index is 4.11. The molecule has 20 heavy (non-hydrogen) atoms. The average molecular weight is 390 g/mol. The zero-order chi connectivity index (χ0) is 15.4. The summed E-state index contributed by atoms with van der Waals surface area (Å²) in [7, 11) is 0. The predicted molar refractivity (Wildman–Crippen MR) is 95.3 cm³/mol. The molecule has 114 valence electrons. The molecule has 2 nitrogen and oxygen atoms in total. The maximum atomic E-state index is 10.8. The van der Waals surface area contributed by atoms with Crippen molar-refractivity contribution < 1.29 is 9.53 Å². The SMILES string of the molecule is CC(=O)OC/C(=C/CI)CC/C=C(\C)CCC=C(C)C. The van der Waals surface area contributed by atoms with E-state index in [1.54, 1.807) is 0 Å². The molecule has 0 saturated carbocycles. The van der Waals surface area contributed by atoms with Crippen LogP contribution in [0.25, 0.3) is 0 Å². The maximum Gasteiger partial charge on any atom is 0.302 e. The Kier molecular flexibility index (Phi) is 11.8. The normalized spacial score (nSPS) is 12.2. The van der Waals surface area contributed by atoms with Gasteiger partial charge in [0.05, 0.1) is 0 Å². The fourth-order valence-corrected chi connectivity index (χ4v) is 2.35. The minimum Gasteiger partial charge on any atom is -0.461 e. The van der Waals surface area contributed by atoms with E-state index in [1.807, 2.05) is 0 Å². The molecule has 0 aromatic heterocycles. The standard InChI is InChI=1S/C17H27IO2/c1-14(2)7-5-8-15(3)9-6-10-17(11-12-18)13-20-16(4)19/h7,9,11H,5-6,8,10,12-13H2,1-4H3/b15-9+,17-11+. The van der Waals surface area contributed by atoms with Crippen LogP contribution in [0.3, 0.4) is 0 Å². The van der Waals surface area contributed by atoms with Gasteiger partial charge in [-0.3, -0.25) is 4.79 Å². The van der Waals surface area contributed by atoms with Crippen LogP contribution in [0.2, 0.25) is 0 Å². The first-order chi connectivity index (χ1) is 9.45. The Morgan fingerprint density at radius 2 is 1.65 bits per heavy atom. The van der Waals surface area contributed by atoms with Crippen molar-refractivity contribution in [3.63, 3.8) is 0 Å². The molecule has 0 spiro atoms. The highest BCUT2D eigenvalue weighted by atomic mass is 127. The number of halogens is 1. The van der Waals surface area contributed by atoms with E-state index in [0.717, 1.165) is 30.1 Å². The highest BCUT2D eigenvalue weighted by molar-refractivity contribution is 14.1. The van der Waals surface area contributed by atoms with Gasteiger partial charge >= 0.3 is 5.97 Å². The minimum absolute atomic E-state index is 0.210. The lowest BCUT2D eigenvalue weighted by molar-refractivity contribution is -0.140. The second-order valence-electron chi connectivity index (χ2n) is 5.21. The van der Waals surface area contributed by atoms with Crippen molar-refractivity contribution in [2.75, 3.05) is 11.0 Å². The smallest absolute Gasteiger partial charge is 0.302 e. The lowest BCUT2D eigenvalue weighted by Crippen LogP contribution is -2.03. The third kappa shape index (κ3) is 12.5. The van der Waals surface area contributed by atoms with Crippen molar-refractivity contribution in [2.24, 2.45) is 0 Å². The highest BCUT2D eigenvalue weighted by Crippen LogP contribution is 2.12. The molecule has 3 heteroatoms. The molecule has 0 atom stereocenters. The molecule has 0 radical (unpaired) electrons. The number of hydrogen-bond acceptors (Lipinski definition) is 2. The van der Waals surface area contributed by atoms with Gasteiger partial charge in [-0.25, -0.2) is 0 Å². The molecule has 0 aliphatic carbocycles. The van der Waals surface area contributed by atoms with Gasteiger partial charge < -0.3 is 4.74 Å². The van der Waals surface area contributed by atoms with E-state index in [4.69, 9.17) is 4.74 Å². The largest absolute Gasteiger partial charge is 0.461 e. The van der Waals surface area contributed by atoms with Crippen LogP contribution < -0.4 is 0 Å². The summed E-state index contributed by atoms with van der Waals surface area (Å²) in [5.41, 5.74) is 4.03. The van der Waals surface area contributed by atoms with Crippen LogP contribution in [-0.4, -0.2) is 17.0 Å². The van der Waals surface area contributed by atoms with Crippen LogP contribution in [0, 0.1) is 0 Å². The maximum absolute atomic E-state index is 10.8. The van der Waals surface area contributed by atoms with Crippen LogP contribution in [0.15, 0.2) is 34.9 Å².